The third-order valence-electron chi connectivity index (χ3n) is 4.85. The van der Waals surface area contributed by atoms with Crippen LogP contribution >= 0.6 is 0 Å². The Kier molecular flexibility index (Phi) is 5.19. The van der Waals surface area contributed by atoms with Gasteiger partial charge in [-0.3, -0.25) is 0 Å². The van der Waals surface area contributed by atoms with Gasteiger partial charge in [-0.25, -0.2) is 4.98 Å². The van der Waals surface area contributed by atoms with Crippen molar-refractivity contribution in [3.05, 3.63) is 53.4 Å². The van der Waals surface area contributed by atoms with E-state index >= 15 is 0 Å². The van der Waals surface area contributed by atoms with Gasteiger partial charge >= 0.3 is 6.18 Å². The Labute approximate surface area is 170 Å². The lowest BCUT2D eigenvalue weighted by molar-refractivity contribution is -0.138. The van der Waals surface area contributed by atoms with Crippen LogP contribution in [-0.2, 0) is 12.6 Å². The number of nitrogens with zero attached hydrogens (tertiary/aromatic N) is 3. The highest BCUT2D eigenvalue weighted by molar-refractivity contribution is 5.69. The van der Waals surface area contributed by atoms with E-state index in [0.29, 0.717) is 5.89 Å². The van der Waals surface area contributed by atoms with Gasteiger partial charge in [-0.05, 0) is 56.4 Å². The van der Waals surface area contributed by atoms with E-state index < -0.39 is 17.6 Å². The molecule has 3 heterocycles. The van der Waals surface area contributed by atoms with Gasteiger partial charge < -0.3 is 14.9 Å². The van der Waals surface area contributed by atoms with Crippen LogP contribution in [0, 0.1) is 0 Å². The van der Waals surface area contributed by atoms with Gasteiger partial charge in [-0.2, -0.15) is 13.2 Å². The molecule has 1 aliphatic heterocycles. The third kappa shape index (κ3) is 4.00. The molecule has 6 nitrogen and oxygen atoms in total. The van der Waals surface area contributed by atoms with Crippen LogP contribution in [0.5, 0.6) is 11.6 Å². The molecule has 4 rings (SSSR count). The molecule has 6 bridgehead atoms. The number of benzene rings is 1. The second-order valence-corrected chi connectivity index (χ2v) is 6.96. The lowest BCUT2D eigenvalue weighted by atomic mass is 10.0. The molecule has 1 aromatic carbocycles. The van der Waals surface area contributed by atoms with Gasteiger partial charge in [0.15, 0.2) is 5.69 Å². The predicted octanol–water partition coefficient (Wildman–Crippen LogP) is 5.65. The molecule has 0 unspecified atom stereocenters. The number of nitrogens with two attached hydrogens (primary N) is 1. The Morgan fingerprint density at radius 1 is 1.07 bits per heavy atom. The molecule has 9 heteroatoms. The number of hydrogen-bond donors (Lipinski definition) is 1. The van der Waals surface area contributed by atoms with E-state index in [9.17, 15) is 13.2 Å². The van der Waals surface area contributed by atoms with Crippen molar-refractivity contribution >= 4 is 11.3 Å². The third-order valence-corrected chi connectivity index (χ3v) is 4.85. The highest BCUT2D eigenvalue weighted by Gasteiger charge is 2.37. The van der Waals surface area contributed by atoms with Gasteiger partial charge in [0.2, 0.25) is 11.8 Å². The monoisotopic (exact) mass is 416 g/mol. The van der Waals surface area contributed by atoms with E-state index in [1.54, 1.807) is 18.2 Å². The summed E-state index contributed by atoms with van der Waals surface area (Å²) in [6, 6.07) is 7.74. The molecule has 3 aromatic rings. The summed E-state index contributed by atoms with van der Waals surface area (Å²) in [6.07, 6.45) is 0.441. The number of aryl methyl sites for hydroxylation is 1. The minimum absolute atomic E-state index is 0.0572. The first-order valence-corrected chi connectivity index (χ1v) is 9.49. The maximum Gasteiger partial charge on any atom is 0.421 e. The second-order valence-electron chi connectivity index (χ2n) is 6.96. The zero-order valence-corrected chi connectivity index (χ0v) is 16.2. The maximum atomic E-state index is 13.6. The lowest BCUT2D eigenvalue weighted by Gasteiger charge is -2.15. The van der Waals surface area contributed by atoms with E-state index in [0.717, 1.165) is 42.9 Å². The van der Waals surface area contributed by atoms with Crippen molar-refractivity contribution in [2.24, 2.45) is 0 Å². The van der Waals surface area contributed by atoms with E-state index in [1.807, 2.05) is 19.1 Å². The van der Waals surface area contributed by atoms with Crippen molar-refractivity contribution in [3.63, 3.8) is 0 Å². The molecule has 1 aliphatic rings. The number of hydrogen-bond acceptors (Lipinski definition) is 6. The highest BCUT2D eigenvalue weighted by atomic mass is 19.4. The van der Waals surface area contributed by atoms with Gasteiger partial charge in [-0.15, -0.1) is 10.2 Å². The molecule has 0 saturated carbocycles. The smallest absolute Gasteiger partial charge is 0.421 e. The highest BCUT2D eigenvalue weighted by Crippen LogP contribution is 2.41. The van der Waals surface area contributed by atoms with Crippen molar-refractivity contribution < 1.29 is 22.3 Å². The molecule has 0 fully saturated rings. The number of aromatic nitrogens is 3. The van der Waals surface area contributed by atoms with Crippen molar-refractivity contribution in [2.75, 3.05) is 5.73 Å². The number of pyridine rings is 1. The first-order valence-electron chi connectivity index (χ1n) is 9.49. The van der Waals surface area contributed by atoms with Gasteiger partial charge in [0.1, 0.15) is 11.3 Å². The summed E-state index contributed by atoms with van der Waals surface area (Å²) in [5.74, 6) is -0.128. The number of rotatable bonds is 0. The van der Waals surface area contributed by atoms with E-state index in [4.69, 9.17) is 14.9 Å². The Balaban J connectivity index is 1.89. The van der Waals surface area contributed by atoms with Crippen LogP contribution in [0.3, 0.4) is 0 Å². The van der Waals surface area contributed by atoms with Crippen LogP contribution in [-0.4, -0.2) is 15.2 Å². The Morgan fingerprint density at radius 2 is 1.83 bits per heavy atom. The van der Waals surface area contributed by atoms with E-state index in [2.05, 4.69) is 15.2 Å². The van der Waals surface area contributed by atoms with Crippen molar-refractivity contribution in [1.29, 1.82) is 0 Å². The molecule has 0 radical (unpaired) electrons. The number of anilines is 1. The zero-order valence-electron chi connectivity index (χ0n) is 16.2. The summed E-state index contributed by atoms with van der Waals surface area (Å²) in [4.78, 5) is 4.02. The van der Waals surface area contributed by atoms with Crippen LogP contribution in [0.25, 0.3) is 17.2 Å². The Hall–Kier alpha value is -3.36. The molecule has 2 aromatic heterocycles. The number of ether oxygens (including phenoxy) is 1. The minimum Gasteiger partial charge on any atom is -0.438 e. The Morgan fingerprint density at radius 3 is 2.60 bits per heavy atom. The molecular weight excluding hydrogens is 397 g/mol. The Bertz CT molecular complexity index is 1110. The van der Waals surface area contributed by atoms with Crippen LogP contribution < -0.4 is 10.5 Å². The average Bonchev–Trinajstić information content (AvgIpc) is 3.17. The molecule has 0 amide bonds. The standard InChI is InChI=1S/C21H19F3N4O2/c1-2-13-8-4-3-6-12-7-5-9-14(10-12)29-19-15(21(22,23)24)11-16(25)17(26-19)20-28-27-18(13)30-20/h2,5,7,9-11H,3-4,6,8,25H2,1H3/b13-2-. The van der Waals surface area contributed by atoms with Crippen LogP contribution in [0.4, 0.5) is 18.9 Å². The molecule has 0 spiro atoms. The van der Waals surface area contributed by atoms with Crippen molar-refractivity contribution in [1.82, 2.24) is 15.2 Å². The predicted molar refractivity (Wildman–Crippen MR) is 105 cm³/mol. The molecule has 0 saturated heterocycles. The van der Waals surface area contributed by atoms with Gasteiger partial charge in [0.05, 0.1) is 5.69 Å². The topological polar surface area (TPSA) is 87.1 Å². The lowest BCUT2D eigenvalue weighted by Crippen LogP contribution is -2.11. The summed E-state index contributed by atoms with van der Waals surface area (Å²) in [7, 11) is 0. The van der Waals surface area contributed by atoms with Crippen LogP contribution in [0.2, 0.25) is 0 Å². The fraction of sp³-hybridized carbons (Fsp3) is 0.286. The average molecular weight is 416 g/mol. The second kappa shape index (κ2) is 7.81. The molecular formula is C21H19F3N4O2. The quantitative estimate of drug-likeness (QED) is 0.509. The largest absolute Gasteiger partial charge is 0.438 e. The summed E-state index contributed by atoms with van der Waals surface area (Å²) >= 11 is 0. The summed E-state index contributed by atoms with van der Waals surface area (Å²) in [5, 5.41) is 7.96. The summed E-state index contributed by atoms with van der Waals surface area (Å²) < 4.78 is 52.0. The summed E-state index contributed by atoms with van der Waals surface area (Å²) in [5.41, 5.74) is 6.32. The zero-order chi connectivity index (χ0) is 21.3. The summed E-state index contributed by atoms with van der Waals surface area (Å²) in [6.45, 7) is 1.87. The number of alkyl halides is 3. The molecule has 0 atom stereocenters. The van der Waals surface area contributed by atoms with Crippen LogP contribution in [0.15, 0.2) is 40.8 Å². The fourth-order valence-corrected chi connectivity index (χ4v) is 3.31. The van der Waals surface area contributed by atoms with Crippen molar-refractivity contribution in [3.8, 4) is 23.2 Å². The molecule has 156 valence electrons. The SMILES string of the molecule is C/C=C1/CCCCc2cccc(c2)Oc2nc(c(N)cc2C(F)(F)F)-c2nnc1o2. The van der Waals surface area contributed by atoms with Gasteiger partial charge in [0.25, 0.3) is 5.89 Å². The fourth-order valence-electron chi connectivity index (χ4n) is 3.31. The van der Waals surface area contributed by atoms with E-state index in [-0.39, 0.29) is 23.0 Å². The normalized spacial score (nSPS) is 15.9. The number of fused-ring (bicyclic) bond motifs is 7. The number of allylic oxidation sites excluding steroid dienone is 2. The van der Waals surface area contributed by atoms with Gasteiger partial charge in [0, 0.05) is 5.57 Å². The van der Waals surface area contributed by atoms with E-state index in [1.165, 1.54) is 0 Å². The number of nitrogen functional groups attached to an aromatic ring is 1. The first kappa shape index (κ1) is 19.9. The minimum atomic E-state index is -4.70. The molecule has 2 N–H and O–H groups in total. The number of halogens is 3. The maximum absolute atomic E-state index is 13.6. The van der Waals surface area contributed by atoms with Gasteiger partial charge in [-0.1, -0.05) is 18.2 Å². The molecule has 30 heavy (non-hydrogen) atoms. The molecule has 0 aliphatic carbocycles. The van der Waals surface area contributed by atoms with Crippen molar-refractivity contribution in [2.45, 2.75) is 38.8 Å². The van der Waals surface area contributed by atoms with Crippen LogP contribution in [0.1, 0.15) is 43.2 Å². The first-order chi connectivity index (χ1) is 14.3.